The summed E-state index contributed by atoms with van der Waals surface area (Å²) in [7, 11) is 10.2. The molecule has 23 heteroatoms. The predicted molar refractivity (Wildman–Crippen MR) is 370 cm³/mol. The van der Waals surface area contributed by atoms with Crippen molar-refractivity contribution in [1.82, 2.24) is 39.6 Å². The van der Waals surface area contributed by atoms with Crippen LogP contribution in [0.25, 0.3) is 0 Å². The molecule has 0 aliphatic carbocycles. The molecule has 2 aliphatic rings. The lowest BCUT2D eigenvalue weighted by Crippen LogP contribution is -2.64. The zero-order chi connectivity index (χ0) is 73.7. The Hall–Kier alpha value is -6.10. The van der Waals surface area contributed by atoms with E-state index in [1.165, 1.54) is 92.6 Å². The number of amides is 8. The average Bonchev–Trinajstić information content (AvgIpc) is 0.808. The number of ketones is 3. The normalized spacial score (nSPS) is 28.1. The average molecular weight is 1360 g/mol. The van der Waals surface area contributed by atoms with Gasteiger partial charge in [0.1, 0.15) is 48.1 Å². The molecule has 2 heterocycles. The van der Waals surface area contributed by atoms with Gasteiger partial charge >= 0.3 is 5.97 Å². The van der Waals surface area contributed by atoms with Crippen LogP contribution < -0.4 is 5.32 Å². The highest BCUT2D eigenvalue weighted by molar-refractivity contribution is 6.00. The van der Waals surface area contributed by atoms with E-state index in [1.54, 1.807) is 75.3 Å². The molecule has 2 rings (SSSR count). The molecule has 15 atom stereocenters. The molecule has 2 saturated heterocycles. The van der Waals surface area contributed by atoms with Crippen molar-refractivity contribution >= 4 is 70.6 Å². The number of hydrogen-bond donors (Lipinski definition) is 1. The van der Waals surface area contributed by atoms with Gasteiger partial charge in [-0.05, 0) is 101 Å². The number of nitrogens with one attached hydrogen (secondary N) is 1. The standard InChI is InChI=1S/C73H126N8O15/c1-26-28-31-47(13)65(96-52(18)82)64-66(86)74-55(27-2)70(90)75(19)51(17)68(88)80(24)63(50(16)40-94-41-53-32-29-30-33-95-53)61(85)39-54(45(9)10)69(89)76(20)56(34-42(3)4)60(84)37-48(14)59(83)38-49(15)67(87)77(21)57(35-43(5)6)71(91)78(22)58(36-44(7)8)72(92)79(23)62(46(11)12)73(93)81(64)25/h26,28,42-51,53-58,62-65H,27,29-41H2,1-25H3,(H,74,86)/b28-26+/t47-,48-,49+,50-,51-,53?,54+,55+,56+,57+,58+,62+,63+,64+,65-/m1/s1. The van der Waals surface area contributed by atoms with Gasteiger partial charge in [-0.2, -0.15) is 0 Å². The van der Waals surface area contributed by atoms with Crippen LogP contribution in [0.1, 0.15) is 195 Å². The molecular weight excluding hydrogens is 1230 g/mol. The lowest BCUT2D eigenvalue weighted by molar-refractivity contribution is -0.164. The van der Waals surface area contributed by atoms with E-state index in [0.717, 1.165) is 24.2 Å². The third-order valence-corrected chi connectivity index (χ3v) is 19.5. The fourth-order valence-corrected chi connectivity index (χ4v) is 13.4. The Bertz CT molecular complexity index is 2660. The highest BCUT2D eigenvalue weighted by Gasteiger charge is 2.48. The number of hydrogen-bond acceptors (Lipinski definition) is 15. The number of Topliss-reactive ketones (excluding diaryl/α,β-unsaturated/α-hetero) is 3. The summed E-state index contributed by atoms with van der Waals surface area (Å²) in [4.78, 5) is 187. The molecule has 0 aromatic heterocycles. The molecule has 1 unspecified atom stereocenters. The van der Waals surface area contributed by atoms with E-state index in [-0.39, 0.29) is 93.6 Å². The SMILES string of the molecule is C/C=C/C[C@@H](C)[C@@H](OC(C)=O)[C@H]1C(=O)N[C@@H](CC)C(=O)N(C)[C@H](C)C(=O)N(C)[C@@H]([C@H](C)COCC2CCCCO2)C(=O)C[C@@H](C(C)C)C(=O)N(C)[C@@H](CC(C)C)C(=O)C[C@@H](C)C(=O)C[C@H](C)C(=O)N(C)[C@@H](CC(C)C)C(=O)N(C)[C@@H](CC(C)C)C(=O)N(C)[C@@H](C(C)C)C(=O)N1C. The van der Waals surface area contributed by atoms with Gasteiger partial charge in [-0.1, -0.05) is 116 Å². The molecule has 8 amide bonds. The Kier molecular flexibility index (Phi) is 35.9. The summed E-state index contributed by atoms with van der Waals surface area (Å²) in [5, 5.41) is 2.84. The Morgan fingerprint density at radius 3 is 1.54 bits per heavy atom. The van der Waals surface area contributed by atoms with Crippen LogP contribution in [-0.2, 0) is 71.7 Å². The number of carbonyl (C=O) groups excluding carboxylic acids is 12. The van der Waals surface area contributed by atoms with Crippen LogP contribution in [0.3, 0.4) is 0 Å². The first kappa shape index (κ1) is 86.0. The monoisotopic (exact) mass is 1350 g/mol. The molecule has 0 saturated carbocycles. The summed E-state index contributed by atoms with van der Waals surface area (Å²) in [5.41, 5.74) is 0. The van der Waals surface area contributed by atoms with Crippen LogP contribution in [0.15, 0.2) is 12.2 Å². The van der Waals surface area contributed by atoms with E-state index in [0.29, 0.717) is 13.0 Å². The predicted octanol–water partition coefficient (Wildman–Crippen LogP) is 7.68. The summed E-state index contributed by atoms with van der Waals surface area (Å²) in [6.45, 7) is 32.2. The van der Waals surface area contributed by atoms with Crippen molar-refractivity contribution < 1.29 is 71.7 Å². The van der Waals surface area contributed by atoms with Gasteiger partial charge in [-0.25, -0.2) is 0 Å². The van der Waals surface area contributed by atoms with Crippen molar-refractivity contribution in [2.45, 2.75) is 256 Å². The van der Waals surface area contributed by atoms with Crippen LogP contribution >= 0.6 is 0 Å². The van der Waals surface area contributed by atoms with Crippen LogP contribution in [0.2, 0.25) is 0 Å². The first-order valence-corrected chi connectivity index (χ1v) is 35.3. The first-order valence-electron chi connectivity index (χ1n) is 35.3. The van der Waals surface area contributed by atoms with Gasteiger partial charge in [0, 0.05) is 106 Å². The maximum absolute atomic E-state index is 15.5. The molecule has 548 valence electrons. The summed E-state index contributed by atoms with van der Waals surface area (Å²) >= 11 is 0. The topological polar surface area (TPSA) is 267 Å². The summed E-state index contributed by atoms with van der Waals surface area (Å²) < 4.78 is 18.1. The minimum atomic E-state index is -1.62. The lowest BCUT2D eigenvalue weighted by Gasteiger charge is -2.42. The summed E-state index contributed by atoms with van der Waals surface area (Å²) in [6, 6.07) is -9.98. The molecule has 0 aromatic carbocycles. The van der Waals surface area contributed by atoms with Gasteiger partial charge in [-0.15, -0.1) is 0 Å². The molecule has 0 spiro atoms. The van der Waals surface area contributed by atoms with E-state index in [9.17, 15) is 24.0 Å². The number of allylic oxidation sites excluding steroid dienone is 2. The molecule has 2 aliphatic heterocycles. The Balaban J connectivity index is 3.10. The zero-order valence-electron chi connectivity index (χ0n) is 63.4. The van der Waals surface area contributed by atoms with Crippen LogP contribution in [-0.4, -0.2) is 235 Å². The third-order valence-electron chi connectivity index (χ3n) is 19.5. The molecule has 96 heavy (non-hydrogen) atoms. The molecule has 2 fully saturated rings. The van der Waals surface area contributed by atoms with Crippen molar-refractivity contribution in [3.05, 3.63) is 12.2 Å². The number of rotatable bonds is 19. The van der Waals surface area contributed by atoms with Gasteiger partial charge in [-0.3, -0.25) is 57.5 Å². The second-order valence-electron chi connectivity index (χ2n) is 29.8. The van der Waals surface area contributed by atoms with Gasteiger partial charge in [0.2, 0.25) is 47.3 Å². The number of carbonyl (C=O) groups is 12. The number of likely N-dealkylation sites (N-methyl/N-ethyl adjacent to an activating group) is 7. The fourth-order valence-electron chi connectivity index (χ4n) is 13.4. The number of ether oxygens (including phenoxy) is 3. The van der Waals surface area contributed by atoms with Gasteiger partial charge in [0.25, 0.3) is 0 Å². The van der Waals surface area contributed by atoms with Gasteiger partial charge in [0.05, 0.1) is 31.4 Å². The van der Waals surface area contributed by atoms with E-state index in [4.69, 9.17) is 14.2 Å². The Morgan fingerprint density at radius 2 is 1.05 bits per heavy atom. The minimum absolute atomic E-state index is 0.0151. The second-order valence-corrected chi connectivity index (χ2v) is 29.8. The van der Waals surface area contributed by atoms with Crippen molar-refractivity contribution in [2.24, 2.45) is 59.2 Å². The highest BCUT2D eigenvalue weighted by atomic mass is 16.5. The maximum Gasteiger partial charge on any atom is 0.303 e. The zero-order valence-corrected chi connectivity index (χ0v) is 63.4. The molecular formula is C73H126N8O15. The van der Waals surface area contributed by atoms with Gasteiger partial charge < -0.3 is 53.8 Å². The van der Waals surface area contributed by atoms with Crippen LogP contribution in [0.4, 0.5) is 0 Å². The molecule has 0 aromatic rings. The minimum Gasteiger partial charge on any atom is -0.459 e. The lowest BCUT2D eigenvalue weighted by atomic mass is 9.83. The summed E-state index contributed by atoms with van der Waals surface area (Å²) in [5.74, 6) is -12.6. The van der Waals surface area contributed by atoms with Crippen molar-refractivity contribution in [3.63, 3.8) is 0 Å². The van der Waals surface area contributed by atoms with Crippen molar-refractivity contribution in [3.8, 4) is 0 Å². The van der Waals surface area contributed by atoms with Crippen molar-refractivity contribution in [2.75, 3.05) is 69.2 Å². The third kappa shape index (κ3) is 24.1. The van der Waals surface area contributed by atoms with E-state index < -0.39 is 155 Å². The van der Waals surface area contributed by atoms with Gasteiger partial charge in [0.15, 0.2) is 11.6 Å². The highest BCUT2D eigenvalue weighted by Crippen LogP contribution is 2.30. The Morgan fingerprint density at radius 1 is 0.552 bits per heavy atom. The Labute approximate surface area is 575 Å². The fraction of sp³-hybridized carbons (Fsp3) is 0.808. The first-order chi connectivity index (χ1) is 44.6. The molecule has 1 N–H and O–H groups in total. The van der Waals surface area contributed by atoms with E-state index in [2.05, 4.69) is 5.32 Å². The smallest absolute Gasteiger partial charge is 0.303 e. The largest absolute Gasteiger partial charge is 0.459 e. The number of nitrogens with zero attached hydrogens (tertiary/aromatic N) is 7. The van der Waals surface area contributed by atoms with Crippen molar-refractivity contribution in [1.29, 1.82) is 0 Å². The van der Waals surface area contributed by atoms with Crippen LogP contribution in [0.5, 0.6) is 0 Å². The van der Waals surface area contributed by atoms with Crippen LogP contribution in [0, 0.1) is 59.2 Å². The van der Waals surface area contributed by atoms with E-state index >= 15 is 33.6 Å². The number of esters is 1. The quantitative estimate of drug-likeness (QED) is 0.0960. The van der Waals surface area contributed by atoms with E-state index in [1.807, 2.05) is 47.6 Å². The molecule has 23 nitrogen and oxygen atoms in total. The molecule has 0 radical (unpaired) electrons. The molecule has 0 bridgehead atoms. The maximum atomic E-state index is 15.5. The second kappa shape index (κ2) is 40.1. The summed E-state index contributed by atoms with van der Waals surface area (Å²) in [6.07, 6.45) is 4.81.